The van der Waals surface area contributed by atoms with Crippen molar-refractivity contribution >= 4 is 23.3 Å². The topological polar surface area (TPSA) is 133 Å². The number of phenolic OH excluding ortho intramolecular Hbond substituents is 2. The average Bonchev–Trinajstić information content (AvgIpc) is 2.37. The quantitative estimate of drug-likeness (QED) is 0.545. The molecule has 0 fully saturated rings. The Kier molecular flexibility index (Phi) is 3.66. The highest BCUT2D eigenvalue weighted by molar-refractivity contribution is 6.09. The van der Waals surface area contributed by atoms with Gasteiger partial charge >= 0.3 is 5.97 Å². The zero-order chi connectivity index (χ0) is 15.6. The Labute approximate surface area is 119 Å². The molecule has 7 nitrogen and oxygen atoms in total. The molecule has 2 rings (SSSR count). The van der Waals surface area contributed by atoms with Gasteiger partial charge in [-0.15, -0.1) is 0 Å². The maximum absolute atomic E-state index is 12.0. The smallest absolute Gasteiger partial charge is 0.337 e. The van der Waals surface area contributed by atoms with Gasteiger partial charge in [-0.05, 0) is 30.3 Å². The Balaban J connectivity index is 2.35. The first-order chi connectivity index (χ1) is 9.88. The van der Waals surface area contributed by atoms with Gasteiger partial charge in [0.15, 0.2) is 0 Å². The van der Waals surface area contributed by atoms with Crippen LogP contribution in [0.25, 0.3) is 0 Å². The fourth-order valence-corrected chi connectivity index (χ4v) is 1.75. The number of rotatable bonds is 3. The van der Waals surface area contributed by atoms with E-state index in [4.69, 9.17) is 10.8 Å². The molecule has 2 aromatic rings. The summed E-state index contributed by atoms with van der Waals surface area (Å²) in [7, 11) is 0. The van der Waals surface area contributed by atoms with Gasteiger partial charge in [0, 0.05) is 11.8 Å². The molecular formula is C14H12N2O5. The Morgan fingerprint density at radius 1 is 1.00 bits per heavy atom. The van der Waals surface area contributed by atoms with Crippen LogP contribution in [-0.4, -0.2) is 27.2 Å². The summed E-state index contributed by atoms with van der Waals surface area (Å²) in [6.07, 6.45) is 0. The van der Waals surface area contributed by atoms with Crippen molar-refractivity contribution in [2.24, 2.45) is 0 Å². The molecule has 0 atom stereocenters. The van der Waals surface area contributed by atoms with Crippen molar-refractivity contribution in [3.05, 3.63) is 47.5 Å². The molecule has 2 aromatic carbocycles. The largest absolute Gasteiger partial charge is 0.508 e. The van der Waals surface area contributed by atoms with E-state index in [1.807, 2.05) is 0 Å². The number of carbonyl (C=O) groups is 2. The molecule has 0 radical (unpaired) electrons. The molecule has 108 valence electrons. The van der Waals surface area contributed by atoms with E-state index < -0.39 is 17.6 Å². The van der Waals surface area contributed by atoms with Crippen molar-refractivity contribution in [2.75, 3.05) is 11.1 Å². The second kappa shape index (κ2) is 5.41. The van der Waals surface area contributed by atoms with Crippen LogP contribution in [0.5, 0.6) is 11.5 Å². The predicted molar refractivity (Wildman–Crippen MR) is 75.5 cm³/mol. The number of aromatic carboxylic acids is 1. The summed E-state index contributed by atoms with van der Waals surface area (Å²) < 4.78 is 0. The Morgan fingerprint density at radius 3 is 2.29 bits per heavy atom. The van der Waals surface area contributed by atoms with Gasteiger partial charge in [0.1, 0.15) is 11.5 Å². The van der Waals surface area contributed by atoms with Crippen LogP contribution in [0.4, 0.5) is 11.4 Å². The van der Waals surface area contributed by atoms with Gasteiger partial charge in [0.2, 0.25) is 0 Å². The molecule has 1 amide bonds. The van der Waals surface area contributed by atoms with Crippen LogP contribution in [0.15, 0.2) is 36.4 Å². The lowest BCUT2D eigenvalue weighted by atomic mass is 10.1. The molecule has 0 bridgehead atoms. The van der Waals surface area contributed by atoms with E-state index in [1.54, 1.807) is 0 Å². The molecular weight excluding hydrogens is 276 g/mol. The van der Waals surface area contributed by atoms with Crippen LogP contribution in [0, 0.1) is 0 Å². The lowest BCUT2D eigenvalue weighted by Gasteiger charge is -2.10. The summed E-state index contributed by atoms with van der Waals surface area (Å²) in [6.45, 7) is 0. The van der Waals surface area contributed by atoms with E-state index in [0.717, 1.165) is 6.07 Å². The first-order valence-corrected chi connectivity index (χ1v) is 5.84. The number of nitrogen functional groups attached to an aromatic ring is 1. The summed E-state index contributed by atoms with van der Waals surface area (Å²) in [5, 5.41) is 30.2. The van der Waals surface area contributed by atoms with Crippen molar-refractivity contribution in [1.82, 2.24) is 0 Å². The SMILES string of the molecule is Nc1ccc(C(=O)O)c(NC(=O)c2ccc(O)cc2O)c1. The standard InChI is InChI=1S/C14H12N2O5/c15-7-1-3-9(14(20)21)11(5-7)16-13(19)10-4-2-8(17)6-12(10)18/h1-6,17-18H,15H2,(H,16,19)(H,20,21). The molecule has 0 heterocycles. The molecule has 0 saturated carbocycles. The molecule has 7 heteroatoms. The van der Waals surface area contributed by atoms with Crippen LogP contribution in [0.1, 0.15) is 20.7 Å². The first kappa shape index (κ1) is 14.2. The number of carboxylic acid groups (broad SMARTS) is 1. The normalized spacial score (nSPS) is 10.1. The number of anilines is 2. The number of aromatic hydroxyl groups is 2. The molecule has 21 heavy (non-hydrogen) atoms. The van der Waals surface area contributed by atoms with Crippen LogP contribution < -0.4 is 11.1 Å². The van der Waals surface area contributed by atoms with Crippen LogP contribution >= 0.6 is 0 Å². The summed E-state index contributed by atoms with van der Waals surface area (Å²) >= 11 is 0. The zero-order valence-corrected chi connectivity index (χ0v) is 10.7. The zero-order valence-electron chi connectivity index (χ0n) is 10.7. The minimum Gasteiger partial charge on any atom is -0.508 e. The molecule has 0 saturated heterocycles. The number of amides is 1. The van der Waals surface area contributed by atoms with Crippen molar-refractivity contribution in [3.8, 4) is 11.5 Å². The number of nitrogens with one attached hydrogen (secondary N) is 1. The van der Waals surface area contributed by atoms with Crippen LogP contribution in [0.3, 0.4) is 0 Å². The minimum atomic E-state index is -1.22. The highest BCUT2D eigenvalue weighted by atomic mass is 16.4. The Bertz CT molecular complexity index is 727. The Morgan fingerprint density at radius 2 is 1.67 bits per heavy atom. The molecule has 0 aliphatic carbocycles. The van der Waals surface area contributed by atoms with Gasteiger partial charge in [-0.25, -0.2) is 4.79 Å². The third kappa shape index (κ3) is 3.03. The van der Waals surface area contributed by atoms with Crippen molar-refractivity contribution in [1.29, 1.82) is 0 Å². The first-order valence-electron chi connectivity index (χ1n) is 5.84. The Hall–Kier alpha value is -3.22. The highest BCUT2D eigenvalue weighted by Gasteiger charge is 2.16. The van der Waals surface area contributed by atoms with Gasteiger partial charge in [0.05, 0.1) is 16.8 Å². The minimum absolute atomic E-state index is 0.0139. The van der Waals surface area contributed by atoms with E-state index in [1.165, 1.54) is 30.3 Å². The van der Waals surface area contributed by atoms with Crippen molar-refractivity contribution < 1.29 is 24.9 Å². The monoisotopic (exact) mass is 288 g/mol. The number of hydrogen-bond acceptors (Lipinski definition) is 5. The summed E-state index contributed by atoms with van der Waals surface area (Å²) in [6, 6.07) is 7.42. The fraction of sp³-hybridized carbons (Fsp3) is 0. The van der Waals surface area contributed by atoms with Gasteiger partial charge < -0.3 is 26.4 Å². The van der Waals surface area contributed by atoms with E-state index >= 15 is 0 Å². The molecule has 0 aliphatic rings. The average molecular weight is 288 g/mol. The maximum atomic E-state index is 12.0. The molecule has 0 aliphatic heterocycles. The lowest BCUT2D eigenvalue weighted by Crippen LogP contribution is -2.15. The van der Waals surface area contributed by atoms with E-state index in [2.05, 4.69) is 5.32 Å². The third-order valence-electron chi connectivity index (χ3n) is 2.75. The van der Waals surface area contributed by atoms with Crippen LogP contribution in [-0.2, 0) is 0 Å². The summed E-state index contributed by atoms with van der Waals surface area (Å²) in [5.41, 5.74) is 5.63. The van der Waals surface area contributed by atoms with Crippen molar-refractivity contribution in [2.45, 2.75) is 0 Å². The lowest BCUT2D eigenvalue weighted by molar-refractivity contribution is 0.0698. The third-order valence-corrected chi connectivity index (χ3v) is 2.75. The number of nitrogens with two attached hydrogens (primary N) is 1. The van der Waals surface area contributed by atoms with Crippen molar-refractivity contribution in [3.63, 3.8) is 0 Å². The van der Waals surface area contributed by atoms with E-state index in [9.17, 15) is 19.8 Å². The number of carbonyl (C=O) groups excluding carboxylic acids is 1. The number of benzene rings is 2. The van der Waals surface area contributed by atoms with E-state index in [-0.39, 0.29) is 28.3 Å². The second-order valence-electron chi connectivity index (χ2n) is 4.27. The highest BCUT2D eigenvalue weighted by Crippen LogP contribution is 2.25. The van der Waals surface area contributed by atoms with Crippen LogP contribution in [0.2, 0.25) is 0 Å². The fourth-order valence-electron chi connectivity index (χ4n) is 1.75. The van der Waals surface area contributed by atoms with Gasteiger partial charge in [0.25, 0.3) is 5.91 Å². The van der Waals surface area contributed by atoms with Gasteiger partial charge in [-0.3, -0.25) is 4.79 Å². The summed E-state index contributed by atoms with van der Waals surface area (Å²) in [4.78, 5) is 23.1. The summed E-state index contributed by atoms with van der Waals surface area (Å²) in [5.74, 6) is -2.56. The van der Waals surface area contributed by atoms with Gasteiger partial charge in [-0.1, -0.05) is 0 Å². The predicted octanol–water partition coefficient (Wildman–Crippen LogP) is 1.63. The molecule has 0 aromatic heterocycles. The number of phenols is 2. The van der Waals surface area contributed by atoms with Gasteiger partial charge in [-0.2, -0.15) is 0 Å². The molecule has 0 unspecified atom stereocenters. The number of carboxylic acids is 1. The maximum Gasteiger partial charge on any atom is 0.337 e. The second-order valence-corrected chi connectivity index (χ2v) is 4.27. The molecule has 0 spiro atoms. The molecule has 6 N–H and O–H groups in total. The number of hydrogen-bond donors (Lipinski definition) is 5. The van der Waals surface area contributed by atoms with E-state index in [0.29, 0.717) is 0 Å².